The molecule has 0 heteroatoms. The topological polar surface area (TPSA) is 0 Å². The molecule has 0 bridgehead atoms. The van der Waals surface area contributed by atoms with E-state index >= 15 is 0 Å². The first-order valence-electron chi connectivity index (χ1n) is 3.46. The van der Waals surface area contributed by atoms with Crippen LogP contribution in [0.2, 0.25) is 0 Å². The molecule has 0 unspecified atom stereocenters. The van der Waals surface area contributed by atoms with Gasteiger partial charge in [0.1, 0.15) is 0 Å². The van der Waals surface area contributed by atoms with Crippen molar-refractivity contribution >= 4 is 12.7 Å². The first-order chi connectivity index (χ1) is 4.74. The molecule has 0 heterocycles. The third kappa shape index (κ3) is 1.27. The second-order valence-corrected chi connectivity index (χ2v) is 2.49. The standard InChI is InChI=1S/C10H12/c1-4-10-6-5-8(2)7-9(10)3/h4-7H,3H2,1-2H3/b10-4+. The first kappa shape index (κ1) is 7.07. The summed E-state index contributed by atoms with van der Waals surface area (Å²) in [6.07, 6.45) is 2.07. The Hall–Kier alpha value is -1.04. The fraction of sp³-hybridized carbons (Fsp3) is 0.200. The van der Waals surface area contributed by atoms with Gasteiger partial charge < -0.3 is 0 Å². The number of benzene rings is 1. The van der Waals surface area contributed by atoms with E-state index in [2.05, 4.69) is 37.8 Å². The molecule has 0 atom stereocenters. The van der Waals surface area contributed by atoms with Crippen molar-refractivity contribution in [3.63, 3.8) is 0 Å². The monoisotopic (exact) mass is 132 g/mol. The van der Waals surface area contributed by atoms with Gasteiger partial charge in [-0.2, -0.15) is 0 Å². The normalized spacial score (nSPS) is 12.0. The Labute approximate surface area is 61.5 Å². The molecule has 0 saturated heterocycles. The van der Waals surface area contributed by atoms with E-state index in [1.54, 1.807) is 0 Å². The maximum atomic E-state index is 3.92. The number of hydrogen-bond acceptors (Lipinski definition) is 0. The quantitative estimate of drug-likeness (QED) is 0.497. The minimum absolute atomic E-state index is 1.11. The van der Waals surface area contributed by atoms with Crippen LogP contribution >= 0.6 is 0 Å². The average Bonchev–Trinajstić information content (AvgIpc) is 1.88. The number of aryl methyl sites for hydroxylation is 1. The van der Waals surface area contributed by atoms with Gasteiger partial charge in [0, 0.05) is 0 Å². The summed E-state index contributed by atoms with van der Waals surface area (Å²) >= 11 is 0. The van der Waals surface area contributed by atoms with Crippen LogP contribution in [0.3, 0.4) is 0 Å². The fourth-order valence-electron chi connectivity index (χ4n) is 1.02. The van der Waals surface area contributed by atoms with Crippen LogP contribution < -0.4 is 10.4 Å². The van der Waals surface area contributed by atoms with Crippen molar-refractivity contribution in [2.45, 2.75) is 13.8 Å². The molecule has 10 heavy (non-hydrogen) atoms. The van der Waals surface area contributed by atoms with Gasteiger partial charge in [-0.15, -0.1) is 0 Å². The predicted octanol–water partition coefficient (Wildman–Crippen LogP) is 1.21. The third-order valence-electron chi connectivity index (χ3n) is 1.61. The molecule has 1 rings (SSSR count). The van der Waals surface area contributed by atoms with Crippen molar-refractivity contribution in [2.24, 2.45) is 0 Å². The summed E-state index contributed by atoms with van der Waals surface area (Å²) in [4.78, 5) is 0. The summed E-state index contributed by atoms with van der Waals surface area (Å²) in [5, 5.41) is 2.34. The highest BCUT2D eigenvalue weighted by molar-refractivity contribution is 5.27. The van der Waals surface area contributed by atoms with Gasteiger partial charge in [0.15, 0.2) is 0 Å². The molecular formula is C10H12. The van der Waals surface area contributed by atoms with Crippen LogP contribution in [-0.4, -0.2) is 0 Å². The SMILES string of the molecule is C=c1cc(C)cc/c1=C\C. The van der Waals surface area contributed by atoms with E-state index in [0.29, 0.717) is 0 Å². The predicted molar refractivity (Wildman–Crippen MR) is 46.1 cm³/mol. The van der Waals surface area contributed by atoms with Crippen molar-refractivity contribution < 1.29 is 0 Å². The molecule has 1 aromatic carbocycles. The first-order valence-corrected chi connectivity index (χ1v) is 3.46. The molecule has 52 valence electrons. The minimum Gasteiger partial charge on any atom is -0.0912 e. The molecule has 0 aliphatic heterocycles. The largest absolute Gasteiger partial charge is 0.0912 e. The molecule has 0 nitrogen and oxygen atoms in total. The minimum atomic E-state index is 1.11. The van der Waals surface area contributed by atoms with E-state index in [1.807, 2.05) is 6.92 Å². The maximum absolute atomic E-state index is 3.92. The zero-order chi connectivity index (χ0) is 7.56. The summed E-state index contributed by atoms with van der Waals surface area (Å²) in [5.41, 5.74) is 1.27. The Balaban J connectivity index is 3.50. The zero-order valence-electron chi connectivity index (χ0n) is 6.52. The van der Waals surface area contributed by atoms with Gasteiger partial charge in [-0.05, 0) is 24.3 Å². The van der Waals surface area contributed by atoms with Gasteiger partial charge in [-0.25, -0.2) is 0 Å². The summed E-state index contributed by atoms with van der Waals surface area (Å²) < 4.78 is 0. The van der Waals surface area contributed by atoms with Crippen LogP contribution in [0, 0.1) is 6.92 Å². The molecule has 0 aliphatic rings. The Bertz CT molecular complexity index is 320. The van der Waals surface area contributed by atoms with Crippen molar-refractivity contribution in [3.05, 3.63) is 34.2 Å². The molecule has 0 aliphatic carbocycles. The molecular weight excluding hydrogens is 120 g/mol. The molecule has 0 amide bonds. The third-order valence-corrected chi connectivity index (χ3v) is 1.61. The smallest absolute Gasteiger partial charge is 0.0233 e. The van der Waals surface area contributed by atoms with Crippen LogP contribution in [0.15, 0.2) is 18.2 Å². The second-order valence-electron chi connectivity index (χ2n) is 2.49. The summed E-state index contributed by atoms with van der Waals surface area (Å²) in [6, 6.07) is 6.29. The summed E-state index contributed by atoms with van der Waals surface area (Å²) in [5.74, 6) is 0. The van der Waals surface area contributed by atoms with E-state index in [-0.39, 0.29) is 0 Å². The van der Waals surface area contributed by atoms with E-state index in [4.69, 9.17) is 0 Å². The van der Waals surface area contributed by atoms with Crippen LogP contribution in [0.25, 0.3) is 12.7 Å². The lowest BCUT2D eigenvalue weighted by atomic mass is 10.2. The Morgan fingerprint density at radius 3 is 2.60 bits per heavy atom. The van der Waals surface area contributed by atoms with Crippen molar-refractivity contribution in [1.29, 1.82) is 0 Å². The average molecular weight is 132 g/mol. The van der Waals surface area contributed by atoms with Crippen molar-refractivity contribution in [3.8, 4) is 0 Å². The number of hydrogen-bond donors (Lipinski definition) is 0. The molecule has 1 aromatic rings. The van der Waals surface area contributed by atoms with Gasteiger partial charge >= 0.3 is 0 Å². The van der Waals surface area contributed by atoms with Gasteiger partial charge in [0.25, 0.3) is 0 Å². The highest BCUT2D eigenvalue weighted by atomic mass is 13.9. The van der Waals surface area contributed by atoms with Crippen molar-refractivity contribution in [1.82, 2.24) is 0 Å². The van der Waals surface area contributed by atoms with Crippen LogP contribution in [0.5, 0.6) is 0 Å². The second kappa shape index (κ2) is 2.70. The highest BCUT2D eigenvalue weighted by Crippen LogP contribution is 1.84. The van der Waals surface area contributed by atoms with E-state index in [9.17, 15) is 0 Å². The summed E-state index contributed by atoms with van der Waals surface area (Å²) in [7, 11) is 0. The van der Waals surface area contributed by atoms with Crippen LogP contribution in [0.1, 0.15) is 12.5 Å². The zero-order valence-corrected chi connectivity index (χ0v) is 6.52. The van der Waals surface area contributed by atoms with Crippen molar-refractivity contribution in [2.75, 3.05) is 0 Å². The maximum Gasteiger partial charge on any atom is -0.0233 e. The van der Waals surface area contributed by atoms with Gasteiger partial charge in [-0.3, -0.25) is 0 Å². The van der Waals surface area contributed by atoms with Crippen LogP contribution in [0.4, 0.5) is 0 Å². The molecule has 0 saturated carbocycles. The molecule has 0 spiro atoms. The summed E-state index contributed by atoms with van der Waals surface area (Å²) in [6.45, 7) is 8.03. The van der Waals surface area contributed by atoms with E-state index in [1.165, 1.54) is 10.8 Å². The molecule has 0 aromatic heterocycles. The molecule has 0 N–H and O–H groups in total. The molecule has 0 radical (unpaired) electrons. The van der Waals surface area contributed by atoms with Gasteiger partial charge in [-0.1, -0.05) is 36.4 Å². The van der Waals surface area contributed by atoms with Gasteiger partial charge in [0.2, 0.25) is 0 Å². The van der Waals surface area contributed by atoms with Crippen LogP contribution in [-0.2, 0) is 0 Å². The van der Waals surface area contributed by atoms with E-state index in [0.717, 1.165) is 5.22 Å². The Kier molecular flexibility index (Phi) is 1.91. The van der Waals surface area contributed by atoms with E-state index < -0.39 is 0 Å². The fourth-order valence-corrected chi connectivity index (χ4v) is 1.02. The lowest BCUT2D eigenvalue weighted by Gasteiger charge is -1.90. The highest BCUT2D eigenvalue weighted by Gasteiger charge is 1.81. The lowest BCUT2D eigenvalue weighted by Crippen LogP contribution is -2.21. The Morgan fingerprint density at radius 2 is 2.10 bits per heavy atom. The number of rotatable bonds is 0. The molecule has 0 fully saturated rings. The lowest BCUT2D eigenvalue weighted by molar-refractivity contribution is 1.40. The Morgan fingerprint density at radius 1 is 1.40 bits per heavy atom. The van der Waals surface area contributed by atoms with Gasteiger partial charge in [0.05, 0.1) is 0 Å².